The summed E-state index contributed by atoms with van der Waals surface area (Å²) in [5, 5.41) is 6.18. The average molecular weight is 457 g/mol. The van der Waals surface area contributed by atoms with Crippen molar-refractivity contribution in [1.82, 2.24) is 14.2 Å². The maximum Gasteiger partial charge on any atom is 0.325 e. The molecule has 2 aromatic carbocycles. The van der Waals surface area contributed by atoms with Gasteiger partial charge in [-0.15, -0.1) is 0 Å². The molecule has 0 saturated heterocycles. The van der Waals surface area contributed by atoms with Gasteiger partial charge in [0.15, 0.2) is 0 Å². The Hall–Kier alpha value is -3.74. The van der Waals surface area contributed by atoms with E-state index in [1.54, 1.807) is 19.2 Å². The first-order chi connectivity index (χ1) is 16.7. The molecule has 0 aliphatic heterocycles. The molecule has 174 valence electrons. The van der Waals surface area contributed by atoms with Crippen molar-refractivity contribution in [3.63, 3.8) is 0 Å². The maximum atomic E-state index is 13.4. The molecule has 0 spiro atoms. The zero-order valence-corrected chi connectivity index (χ0v) is 19.3. The molecule has 4 aromatic rings. The molecule has 5 rings (SSSR count). The van der Waals surface area contributed by atoms with Gasteiger partial charge in [0.25, 0.3) is 5.56 Å². The van der Waals surface area contributed by atoms with Crippen molar-refractivity contribution in [3.05, 3.63) is 76.5 Å². The molecule has 2 aromatic heterocycles. The number of ether oxygens (including phenoxy) is 1. The summed E-state index contributed by atoms with van der Waals surface area (Å²) < 4.78 is 8.47. The van der Waals surface area contributed by atoms with E-state index in [4.69, 9.17) is 9.72 Å². The van der Waals surface area contributed by atoms with Crippen LogP contribution in [0.3, 0.4) is 0 Å². The van der Waals surface area contributed by atoms with Crippen molar-refractivity contribution in [1.29, 1.82) is 0 Å². The fourth-order valence-corrected chi connectivity index (χ4v) is 4.85. The first-order valence-corrected chi connectivity index (χ1v) is 11.9. The van der Waals surface area contributed by atoms with Crippen molar-refractivity contribution in [2.75, 3.05) is 6.61 Å². The number of aromatic nitrogens is 3. The van der Waals surface area contributed by atoms with Crippen LogP contribution in [0, 0.1) is 0 Å². The van der Waals surface area contributed by atoms with Crippen LogP contribution in [0.1, 0.15) is 56.3 Å². The molecule has 34 heavy (non-hydrogen) atoms. The molecular weight excluding hydrogens is 428 g/mol. The number of fused-ring (bicyclic) bond motifs is 2. The summed E-state index contributed by atoms with van der Waals surface area (Å²) in [4.78, 5) is 30.4. The van der Waals surface area contributed by atoms with E-state index in [1.807, 2.05) is 53.2 Å². The van der Waals surface area contributed by atoms with Gasteiger partial charge in [0, 0.05) is 28.6 Å². The molecule has 1 aliphatic carbocycles. The Kier molecular flexibility index (Phi) is 6.25. The van der Waals surface area contributed by atoms with Gasteiger partial charge in [-0.3, -0.25) is 9.59 Å². The second kappa shape index (κ2) is 9.63. The molecule has 1 aliphatic rings. The van der Waals surface area contributed by atoms with Gasteiger partial charge >= 0.3 is 5.97 Å². The van der Waals surface area contributed by atoms with Crippen LogP contribution in [0.15, 0.2) is 64.6 Å². The highest BCUT2D eigenvalue weighted by molar-refractivity contribution is 5.99. The number of nitrogens with zero attached hydrogens (tertiary/aromatic N) is 4. The summed E-state index contributed by atoms with van der Waals surface area (Å²) in [6.45, 7) is 2.25. The van der Waals surface area contributed by atoms with E-state index in [2.05, 4.69) is 5.10 Å². The number of hydrogen-bond donors (Lipinski definition) is 0. The van der Waals surface area contributed by atoms with Crippen LogP contribution in [0.4, 0.5) is 0 Å². The number of carbonyl (C=O) groups excluding carboxylic acids is 1. The second-order valence-corrected chi connectivity index (χ2v) is 8.72. The molecule has 0 N–H and O–H groups in total. The van der Waals surface area contributed by atoms with Gasteiger partial charge in [-0.05, 0) is 38.0 Å². The van der Waals surface area contributed by atoms with E-state index in [-0.39, 0.29) is 24.0 Å². The molecule has 0 amide bonds. The lowest BCUT2D eigenvalue weighted by Crippen LogP contribution is -2.25. The summed E-state index contributed by atoms with van der Waals surface area (Å²) in [6.07, 6.45) is 9.10. The van der Waals surface area contributed by atoms with Gasteiger partial charge < -0.3 is 9.30 Å². The van der Waals surface area contributed by atoms with Crippen LogP contribution >= 0.6 is 0 Å². The Morgan fingerprint density at radius 1 is 1.09 bits per heavy atom. The molecule has 7 nitrogen and oxygen atoms in total. The largest absolute Gasteiger partial charge is 0.465 e. The van der Waals surface area contributed by atoms with Crippen LogP contribution in [0.5, 0.6) is 0 Å². The zero-order valence-electron chi connectivity index (χ0n) is 19.3. The van der Waals surface area contributed by atoms with Crippen LogP contribution < -0.4 is 5.56 Å². The van der Waals surface area contributed by atoms with Crippen LogP contribution in [0.2, 0.25) is 0 Å². The fourth-order valence-electron chi connectivity index (χ4n) is 4.85. The predicted molar refractivity (Wildman–Crippen MR) is 133 cm³/mol. The lowest BCUT2D eigenvalue weighted by Gasteiger charge is -2.22. The SMILES string of the molecule is CCOC(=O)Cn1cc(C=Nn2c(C3CCCCC3)nc3ccccc3c2=O)c2ccccc21. The van der Waals surface area contributed by atoms with E-state index in [1.165, 1.54) is 11.1 Å². The number of para-hydroxylation sites is 2. The smallest absolute Gasteiger partial charge is 0.325 e. The van der Waals surface area contributed by atoms with Crippen LogP contribution in [-0.4, -0.2) is 33.0 Å². The van der Waals surface area contributed by atoms with Gasteiger partial charge in [-0.2, -0.15) is 9.78 Å². The third kappa shape index (κ3) is 4.25. The summed E-state index contributed by atoms with van der Waals surface area (Å²) in [7, 11) is 0. The molecule has 1 fully saturated rings. The van der Waals surface area contributed by atoms with E-state index >= 15 is 0 Å². The minimum Gasteiger partial charge on any atom is -0.465 e. The van der Waals surface area contributed by atoms with Crippen molar-refractivity contribution in [3.8, 4) is 0 Å². The molecule has 2 heterocycles. The van der Waals surface area contributed by atoms with Crippen molar-refractivity contribution in [2.45, 2.75) is 51.5 Å². The molecule has 0 atom stereocenters. The van der Waals surface area contributed by atoms with E-state index in [0.717, 1.165) is 48.0 Å². The summed E-state index contributed by atoms with van der Waals surface area (Å²) in [5.74, 6) is 0.657. The third-order valence-corrected chi connectivity index (χ3v) is 6.49. The molecule has 0 unspecified atom stereocenters. The Bertz CT molecular complexity index is 1430. The summed E-state index contributed by atoms with van der Waals surface area (Å²) in [5.41, 5.74) is 2.30. The Labute approximate surface area is 197 Å². The predicted octanol–water partition coefficient (Wildman–Crippen LogP) is 4.84. The summed E-state index contributed by atoms with van der Waals surface area (Å²) in [6, 6.07) is 15.3. The maximum absolute atomic E-state index is 13.4. The molecular formula is C27H28N4O3. The molecule has 7 heteroatoms. The van der Waals surface area contributed by atoms with Gasteiger partial charge in [-0.25, -0.2) is 4.98 Å². The molecule has 0 radical (unpaired) electrons. The fraction of sp³-hybridized carbons (Fsp3) is 0.333. The lowest BCUT2D eigenvalue weighted by molar-refractivity contribution is -0.143. The third-order valence-electron chi connectivity index (χ3n) is 6.49. The number of rotatable bonds is 6. The standard InChI is InChI=1S/C27H28N4O3/c1-2-34-25(32)18-30-17-20(21-12-7-9-15-24(21)30)16-28-31-26(19-10-4-3-5-11-19)29-23-14-8-6-13-22(23)27(31)33/h6-9,12-17,19H,2-5,10-11,18H2,1H3. The van der Waals surface area contributed by atoms with Crippen molar-refractivity contribution in [2.24, 2.45) is 5.10 Å². The number of esters is 1. The normalized spacial score (nSPS) is 14.9. The Morgan fingerprint density at radius 3 is 2.62 bits per heavy atom. The van der Waals surface area contributed by atoms with Crippen molar-refractivity contribution >= 4 is 34.0 Å². The average Bonchev–Trinajstić information content (AvgIpc) is 3.21. The zero-order chi connectivity index (χ0) is 23.5. The van der Waals surface area contributed by atoms with E-state index < -0.39 is 0 Å². The van der Waals surface area contributed by atoms with Gasteiger partial charge in [-0.1, -0.05) is 49.6 Å². The summed E-state index contributed by atoms with van der Waals surface area (Å²) >= 11 is 0. The Balaban J connectivity index is 1.60. The highest BCUT2D eigenvalue weighted by Crippen LogP contribution is 2.31. The Morgan fingerprint density at radius 2 is 1.82 bits per heavy atom. The topological polar surface area (TPSA) is 78.5 Å². The first-order valence-electron chi connectivity index (χ1n) is 11.9. The van der Waals surface area contributed by atoms with E-state index in [9.17, 15) is 9.59 Å². The highest BCUT2D eigenvalue weighted by atomic mass is 16.5. The minimum atomic E-state index is -0.290. The molecule has 1 saturated carbocycles. The number of benzene rings is 2. The monoisotopic (exact) mass is 456 g/mol. The van der Waals surface area contributed by atoms with Crippen LogP contribution in [0.25, 0.3) is 21.8 Å². The number of carbonyl (C=O) groups is 1. The van der Waals surface area contributed by atoms with Crippen LogP contribution in [-0.2, 0) is 16.1 Å². The highest BCUT2D eigenvalue weighted by Gasteiger charge is 2.22. The quantitative estimate of drug-likeness (QED) is 0.307. The van der Waals surface area contributed by atoms with E-state index in [0.29, 0.717) is 17.5 Å². The van der Waals surface area contributed by atoms with Gasteiger partial charge in [0.05, 0.1) is 23.7 Å². The number of hydrogen-bond acceptors (Lipinski definition) is 5. The molecule has 0 bridgehead atoms. The lowest BCUT2D eigenvalue weighted by atomic mass is 9.88. The second-order valence-electron chi connectivity index (χ2n) is 8.72. The van der Waals surface area contributed by atoms with Crippen molar-refractivity contribution < 1.29 is 9.53 Å². The minimum absolute atomic E-state index is 0.118. The van der Waals surface area contributed by atoms with Gasteiger partial charge in [0.2, 0.25) is 0 Å². The first kappa shape index (κ1) is 22.1. The van der Waals surface area contributed by atoms with Gasteiger partial charge in [0.1, 0.15) is 12.4 Å².